The maximum atomic E-state index is 12.2. The summed E-state index contributed by atoms with van der Waals surface area (Å²) >= 11 is 15.1. The van der Waals surface area contributed by atoms with Gasteiger partial charge in [0.05, 0.1) is 36.6 Å². The summed E-state index contributed by atoms with van der Waals surface area (Å²) < 4.78 is 1.69. The molecule has 0 spiro atoms. The molecule has 0 radical (unpaired) electrons. The van der Waals surface area contributed by atoms with Crippen LogP contribution >= 0.6 is 46.3 Å². The molecule has 11 heteroatoms. The lowest BCUT2D eigenvalue weighted by molar-refractivity contribution is -0.384. The summed E-state index contributed by atoms with van der Waals surface area (Å²) in [5.41, 5.74) is 2.66. The quantitative estimate of drug-likeness (QED) is 0.123. The van der Waals surface area contributed by atoms with Gasteiger partial charge in [-0.3, -0.25) is 19.9 Å². The van der Waals surface area contributed by atoms with Crippen LogP contribution in [0.3, 0.4) is 0 Å². The first kappa shape index (κ1) is 23.2. The molecule has 1 aromatic heterocycles. The van der Waals surface area contributed by atoms with Crippen LogP contribution in [0.15, 0.2) is 70.0 Å². The summed E-state index contributed by atoms with van der Waals surface area (Å²) in [6, 6.07) is 16.6. The standard InChI is InChI=1S/C22H14Cl2N4O3S2/c23-17-2-1-3-18(24)16(17)11-25-14-6-9-19-20(10-14)33-22(27-19)32-12-21(29)26-13-4-7-15(8-5-13)28(30)31/h1-11H,12H2,(H,26,29). The average molecular weight is 517 g/mol. The summed E-state index contributed by atoms with van der Waals surface area (Å²) in [6.45, 7) is 0. The molecule has 4 rings (SSSR count). The van der Waals surface area contributed by atoms with Gasteiger partial charge in [-0.1, -0.05) is 41.0 Å². The second-order valence-electron chi connectivity index (χ2n) is 6.67. The lowest BCUT2D eigenvalue weighted by Gasteiger charge is -2.03. The van der Waals surface area contributed by atoms with E-state index in [2.05, 4.69) is 15.3 Å². The Morgan fingerprint density at radius 2 is 1.88 bits per heavy atom. The number of aromatic nitrogens is 1. The van der Waals surface area contributed by atoms with Crippen molar-refractivity contribution in [3.63, 3.8) is 0 Å². The number of non-ortho nitro benzene ring substituents is 1. The van der Waals surface area contributed by atoms with Gasteiger partial charge in [-0.25, -0.2) is 4.98 Å². The third kappa shape index (κ3) is 5.88. The molecule has 166 valence electrons. The predicted molar refractivity (Wildman–Crippen MR) is 136 cm³/mol. The van der Waals surface area contributed by atoms with Crippen molar-refractivity contribution in [1.29, 1.82) is 0 Å². The number of fused-ring (bicyclic) bond motifs is 1. The SMILES string of the molecule is O=C(CSc1nc2ccc(N=Cc3c(Cl)cccc3Cl)cc2s1)Nc1ccc([N+](=O)[O-])cc1. The van der Waals surface area contributed by atoms with Crippen LogP contribution in [0.25, 0.3) is 10.2 Å². The molecule has 0 atom stereocenters. The number of rotatable bonds is 7. The molecular formula is C22H14Cl2N4O3S2. The number of nitro benzene ring substituents is 1. The second kappa shape index (κ2) is 10.3. The molecule has 3 aromatic carbocycles. The normalized spacial score (nSPS) is 11.2. The number of hydrogen-bond acceptors (Lipinski definition) is 7. The first-order valence-corrected chi connectivity index (χ1v) is 12.0. The van der Waals surface area contributed by atoms with Gasteiger partial charge in [0, 0.05) is 29.6 Å². The van der Waals surface area contributed by atoms with Gasteiger partial charge >= 0.3 is 0 Å². The highest BCUT2D eigenvalue weighted by Gasteiger charge is 2.10. The summed E-state index contributed by atoms with van der Waals surface area (Å²) in [4.78, 5) is 31.4. The molecule has 0 aliphatic heterocycles. The van der Waals surface area contributed by atoms with Crippen LogP contribution in [0.2, 0.25) is 10.0 Å². The fourth-order valence-electron chi connectivity index (χ4n) is 2.80. The Kier molecular flexibility index (Phi) is 7.24. The number of carbonyl (C=O) groups is 1. The number of nitrogens with zero attached hydrogens (tertiary/aromatic N) is 3. The van der Waals surface area contributed by atoms with E-state index in [4.69, 9.17) is 23.2 Å². The van der Waals surface area contributed by atoms with Crippen molar-refractivity contribution in [3.8, 4) is 0 Å². The van der Waals surface area contributed by atoms with E-state index in [9.17, 15) is 14.9 Å². The number of anilines is 1. The van der Waals surface area contributed by atoms with Crippen molar-refractivity contribution in [3.05, 3.63) is 86.4 Å². The molecule has 0 saturated heterocycles. The minimum atomic E-state index is -0.489. The monoisotopic (exact) mass is 516 g/mol. The summed E-state index contributed by atoms with van der Waals surface area (Å²) in [5.74, 6) is -0.0673. The Labute approximate surface area is 206 Å². The number of aliphatic imine (C=N–C) groups is 1. The van der Waals surface area contributed by atoms with Crippen LogP contribution in [0.5, 0.6) is 0 Å². The topological polar surface area (TPSA) is 97.5 Å². The summed E-state index contributed by atoms with van der Waals surface area (Å²) in [6.07, 6.45) is 1.63. The molecule has 0 saturated carbocycles. The predicted octanol–water partition coefficient (Wildman–Crippen LogP) is 6.99. The number of halogens is 2. The number of hydrogen-bond donors (Lipinski definition) is 1. The minimum Gasteiger partial charge on any atom is -0.325 e. The van der Waals surface area contributed by atoms with Crippen molar-refractivity contribution in [2.75, 3.05) is 11.1 Å². The number of thiazole rings is 1. The highest BCUT2D eigenvalue weighted by atomic mass is 35.5. The third-order valence-corrected chi connectivity index (χ3v) is 7.20. The molecule has 0 unspecified atom stereocenters. The Hall–Kier alpha value is -2.98. The van der Waals surface area contributed by atoms with Crippen molar-refractivity contribution >= 4 is 85.7 Å². The maximum absolute atomic E-state index is 12.2. The summed E-state index contributed by atoms with van der Waals surface area (Å²) in [7, 11) is 0. The number of benzene rings is 3. The Bertz CT molecular complexity index is 1350. The van der Waals surface area contributed by atoms with E-state index in [0.717, 1.165) is 20.2 Å². The van der Waals surface area contributed by atoms with E-state index in [0.29, 0.717) is 21.3 Å². The van der Waals surface area contributed by atoms with Crippen molar-refractivity contribution in [2.24, 2.45) is 4.99 Å². The molecule has 0 bridgehead atoms. The fourth-order valence-corrected chi connectivity index (χ4v) is 5.19. The molecule has 0 aliphatic rings. The van der Waals surface area contributed by atoms with Crippen LogP contribution in [0.1, 0.15) is 5.56 Å². The molecule has 1 heterocycles. The number of nitro groups is 1. The Morgan fingerprint density at radius 1 is 1.15 bits per heavy atom. The number of amides is 1. The van der Waals surface area contributed by atoms with Crippen LogP contribution in [-0.2, 0) is 4.79 Å². The van der Waals surface area contributed by atoms with Gasteiger partial charge < -0.3 is 5.32 Å². The zero-order chi connectivity index (χ0) is 23.4. The Balaban J connectivity index is 1.39. The Morgan fingerprint density at radius 3 is 2.58 bits per heavy atom. The zero-order valence-corrected chi connectivity index (χ0v) is 19.8. The maximum Gasteiger partial charge on any atom is 0.269 e. The van der Waals surface area contributed by atoms with E-state index in [1.165, 1.54) is 47.4 Å². The molecule has 1 amide bonds. The van der Waals surface area contributed by atoms with Crippen molar-refractivity contribution in [2.45, 2.75) is 4.34 Å². The van der Waals surface area contributed by atoms with Gasteiger partial charge in [-0.05, 0) is 42.5 Å². The van der Waals surface area contributed by atoms with Crippen LogP contribution in [0, 0.1) is 10.1 Å². The lowest BCUT2D eigenvalue weighted by Crippen LogP contribution is -2.13. The summed E-state index contributed by atoms with van der Waals surface area (Å²) in [5, 5.41) is 14.5. The molecule has 7 nitrogen and oxygen atoms in total. The van der Waals surface area contributed by atoms with Gasteiger partial charge in [-0.15, -0.1) is 11.3 Å². The number of nitrogens with one attached hydrogen (secondary N) is 1. The van der Waals surface area contributed by atoms with Crippen LogP contribution in [-0.4, -0.2) is 27.8 Å². The first-order chi connectivity index (χ1) is 15.9. The first-order valence-electron chi connectivity index (χ1n) is 9.45. The molecule has 0 aliphatic carbocycles. The van der Waals surface area contributed by atoms with Gasteiger partial charge in [-0.2, -0.15) is 0 Å². The van der Waals surface area contributed by atoms with E-state index in [1.54, 1.807) is 24.4 Å². The van der Waals surface area contributed by atoms with Crippen molar-refractivity contribution < 1.29 is 9.72 Å². The van der Waals surface area contributed by atoms with Crippen LogP contribution < -0.4 is 5.32 Å². The van der Waals surface area contributed by atoms with Gasteiger partial charge in [0.1, 0.15) is 0 Å². The smallest absolute Gasteiger partial charge is 0.269 e. The second-order valence-corrected chi connectivity index (χ2v) is 9.73. The molecule has 4 aromatic rings. The molecule has 1 N–H and O–H groups in total. The van der Waals surface area contributed by atoms with Gasteiger partial charge in [0.25, 0.3) is 5.69 Å². The highest BCUT2D eigenvalue weighted by molar-refractivity contribution is 8.01. The van der Waals surface area contributed by atoms with Gasteiger partial charge in [0.2, 0.25) is 5.91 Å². The van der Waals surface area contributed by atoms with E-state index in [1.807, 2.05) is 18.2 Å². The van der Waals surface area contributed by atoms with Gasteiger partial charge in [0.15, 0.2) is 4.34 Å². The molecule has 0 fully saturated rings. The number of thioether (sulfide) groups is 1. The average Bonchev–Trinajstić information content (AvgIpc) is 3.20. The van der Waals surface area contributed by atoms with E-state index in [-0.39, 0.29) is 17.3 Å². The van der Waals surface area contributed by atoms with Crippen molar-refractivity contribution in [1.82, 2.24) is 4.98 Å². The van der Waals surface area contributed by atoms with E-state index < -0.39 is 4.92 Å². The van der Waals surface area contributed by atoms with E-state index >= 15 is 0 Å². The molecule has 33 heavy (non-hydrogen) atoms. The minimum absolute atomic E-state index is 0.0319. The number of carbonyl (C=O) groups excluding carboxylic acids is 1. The zero-order valence-electron chi connectivity index (χ0n) is 16.7. The van der Waals surface area contributed by atoms with Crippen LogP contribution in [0.4, 0.5) is 17.1 Å². The molecular weight excluding hydrogens is 503 g/mol. The third-order valence-electron chi connectivity index (χ3n) is 4.38. The fraction of sp³-hybridized carbons (Fsp3) is 0.0455. The highest BCUT2D eigenvalue weighted by Crippen LogP contribution is 2.32. The lowest BCUT2D eigenvalue weighted by atomic mass is 10.2. The largest absolute Gasteiger partial charge is 0.325 e.